The average Bonchev–Trinajstić information content (AvgIpc) is 3.19. The van der Waals surface area contributed by atoms with E-state index in [0.29, 0.717) is 9.94 Å². The second kappa shape index (κ2) is 6.25. The van der Waals surface area contributed by atoms with Gasteiger partial charge < -0.3 is 10.2 Å². The first-order valence-electron chi connectivity index (χ1n) is 7.03. The quantitative estimate of drug-likeness (QED) is 0.851. The van der Waals surface area contributed by atoms with Crippen LogP contribution in [0.1, 0.15) is 37.3 Å². The second-order valence-corrected chi connectivity index (χ2v) is 5.98. The molecule has 7 nitrogen and oxygen atoms in total. The van der Waals surface area contributed by atoms with Gasteiger partial charge in [-0.25, -0.2) is 4.79 Å². The van der Waals surface area contributed by atoms with Crippen molar-refractivity contribution in [2.45, 2.75) is 13.0 Å². The minimum absolute atomic E-state index is 0.172. The summed E-state index contributed by atoms with van der Waals surface area (Å²) in [6.45, 7) is 1.41. The van der Waals surface area contributed by atoms with Gasteiger partial charge in [0.15, 0.2) is 0 Å². The minimum Gasteiger partial charge on any atom is -0.338 e. The third-order valence-corrected chi connectivity index (χ3v) is 4.25. The Morgan fingerprint density at radius 3 is 2.25 bits per heavy atom. The van der Waals surface area contributed by atoms with E-state index in [1.807, 2.05) is 0 Å². The van der Waals surface area contributed by atoms with Crippen molar-refractivity contribution >= 4 is 35.0 Å². The van der Waals surface area contributed by atoms with Crippen molar-refractivity contribution in [3.8, 4) is 0 Å². The third kappa shape index (κ3) is 2.79. The van der Waals surface area contributed by atoms with Crippen LogP contribution in [0.25, 0.3) is 0 Å². The Morgan fingerprint density at radius 1 is 1.08 bits per heavy atom. The number of hydroxylamine groups is 2. The van der Waals surface area contributed by atoms with Crippen LogP contribution in [0, 0.1) is 0 Å². The normalized spacial score (nSPS) is 14.3. The number of benzene rings is 1. The van der Waals surface area contributed by atoms with Gasteiger partial charge in [-0.3, -0.25) is 14.4 Å². The molecule has 1 aliphatic heterocycles. The van der Waals surface area contributed by atoms with E-state index in [2.05, 4.69) is 5.32 Å². The fourth-order valence-corrected chi connectivity index (χ4v) is 2.78. The maximum atomic E-state index is 12.1. The summed E-state index contributed by atoms with van der Waals surface area (Å²) in [5, 5.41) is 4.60. The molecular weight excluding hydrogens is 332 g/mol. The number of nitrogens with one attached hydrogen (secondary N) is 1. The lowest BCUT2D eigenvalue weighted by Gasteiger charge is -2.16. The molecule has 2 aromatic rings. The number of fused-ring (bicyclic) bond motifs is 1. The highest BCUT2D eigenvalue weighted by Crippen LogP contribution is 2.22. The Bertz CT molecular complexity index is 796. The van der Waals surface area contributed by atoms with Gasteiger partial charge in [0, 0.05) is 0 Å². The van der Waals surface area contributed by atoms with E-state index in [9.17, 15) is 19.2 Å². The fourth-order valence-electron chi connectivity index (χ4n) is 2.15. The lowest BCUT2D eigenvalue weighted by Crippen LogP contribution is -2.43. The van der Waals surface area contributed by atoms with Gasteiger partial charge in [0.05, 0.1) is 16.0 Å². The Hall–Kier alpha value is -3.00. The van der Waals surface area contributed by atoms with Crippen molar-refractivity contribution in [3.05, 3.63) is 57.8 Å². The van der Waals surface area contributed by atoms with Crippen LogP contribution in [0.3, 0.4) is 0 Å². The van der Waals surface area contributed by atoms with E-state index < -0.39 is 29.7 Å². The summed E-state index contributed by atoms with van der Waals surface area (Å²) in [5.74, 6) is -2.76. The molecule has 3 amide bonds. The van der Waals surface area contributed by atoms with Crippen LogP contribution in [0.15, 0.2) is 41.8 Å². The summed E-state index contributed by atoms with van der Waals surface area (Å²) < 4.78 is 0. The predicted molar refractivity (Wildman–Crippen MR) is 84.3 cm³/mol. The predicted octanol–water partition coefficient (Wildman–Crippen LogP) is 1.62. The van der Waals surface area contributed by atoms with Crippen LogP contribution in [0.4, 0.5) is 0 Å². The highest BCUT2D eigenvalue weighted by atomic mass is 32.1. The summed E-state index contributed by atoms with van der Waals surface area (Å²) in [5.41, 5.74) is 0.344. The molecular formula is C16H12N2O5S. The molecule has 0 bridgehead atoms. The largest absolute Gasteiger partial charge is 0.354 e. The third-order valence-electron chi connectivity index (χ3n) is 3.38. The molecule has 0 saturated heterocycles. The minimum atomic E-state index is -1.02. The fraction of sp³-hybridized carbons (Fsp3) is 0.125. The SMILES string of the molecule is CC(NC(=O)c1cccs1)C(=O)ON1C(=O)c2ccccc2C1=O. The van der Waals surface area contributed by atoms with Gasteiger partial charge in [0.2, 0.25) is 0 Å². The van der Waals surface area contributed by atoms with Gasteiger partial charge in [-0.2, -0.15) is 0 Å². The number of hydrogen-bond donors (Lipinski definition) is 1. The van der Waals surface area contributed by atoms with Crippen molar-refractivity contribution < 1.29 is 24.0 Å². The number of imide groups is 1. The number of hydrogen-bond acceptors (Lipinski definition) is 6. The van der Waals surface area contributed by atoms with Crippen LogP contribution < -0.4 is 5.32 Å². The molecule has 0 fully saturated rings. The van der Waals surface area contributed by atoms with Crippen molar-refractivity contribution in [3.63, 3.8) is 0 Å². The van der Waals surface area contributed by atoms with E-state index >= 15 is 0 Å². The van der Waals surface area contributed by atoms with Crippen LogP contribution in [0.5, 0.6) is 0 Å². The Balaban J connectivity index is 1.66. The molecule has 1 aliphatic rings. The van der Waals surface area contributed by atoms with Gasteiger partial charge in [-0.05, 0) is 30.5 Å². The van der Waals surface area contributed by atoms with Gasteiger partial charge in [-0.15, -0.1) is 11.3 Å². The summed E-state index contributed by atoms with van der Waals surface area (Å²) in [6, 6.07) is 8.47. The van der Waals surface area contributed by atoms with Crippen molar-refractivity contribution in [1.82, 2.24) is 10.4 Å². The number of carbonyl (C=O) groups excluding carboxylic acids is 4. The van der Waals surface area contributed by atoms with Gasteiger partial charge in [0.25, 0.3) is 17.7 Å². The van der Waals surface area contributed by atoms with E-state index in [-0.39, 0.29) is 11.1 Å². The molecule has 0 saturated carbocycles. The van der Waals surface area contributed by atoms with Gasteiger partial charge in [-0.1, -0.05) is 23.3 Å². The molecule has 1 aromatic heterocycles. The van der Waals surface area contributed by atoms with Crippen LogP contribution in [0.2, 0.25) is 0 Å². The van der Waals surface area contributed by atoms with Crippen LogP contribution >= 0.6 is 11.3 Å². The number of thiophene rings is 1. The number of nitrogens with zero attached hydrogens (tertiary/aromatic N) is 1. The zero-order valence-electron chi connectivity index (χ0n) is 12.5. The molecule has 1 atom stereocenters. The summed E-state index contributed by atoms with van der Waals surface area (Å²) in [4.78, 5) is 53.5. The maximum Gasteiger partial charge on any atom is 0.354 e. The molecule has 0 radical (unpaired) electrons. The first-order chi connectivity index (χ1) is 11.5. The molecule has 24 heavy (non-hydrogen) atoms. The number of rotatable bonds is 4. The summed E-state index contributed by atoms with van der Waals surface area (Å²) in [7, 11) is 0. The Morgan fingerprint density at radius 2 is 1.71 bits per heavy atom. The molecule has 2 heterocycles. The lowest BCUT2D eigenvalue weighted by atomic mass is 10.1. The maximum absolute atomic E-state index is 12.1. The zero-order chi connectivity index (χ0) is 17.3. The molecule has 1 unspecified atom stereocenters. The smallest absolute Gasteiger partial charge is 0.338 e. The molecule has 0 spiro atoms. The molecule has 1 aromatic carbocycles. The van der Waals surface area contributed by atoms with Crippen molar-refractivity contribution in [2.24, 2.45) is 0 Å². The summed E-state index contributed by atoms with van der Waals surface area (Å²) >= 11 is 1.23. The standard InChI is InChI=1S/C16H12N2O5S/c1-9(17-13(19)12-7-4-8-24-12)16(22)23-18-14(20)10-5-2-3-6-11(10)15(18)21/h2-9H,1H3,(H,17,19). The Kier molecular flexibility index (Phi) is 4.13. The first-order valence-corrected chi connectivity index (χ1v) is 7.91. The molecule has 1 N–H and O–H groups in total. The van der Waals surface area contributed by atoms with E-state index in [1.165, 1.54) is 30.4 Å². The average molecular weight is 344 g/mol. The van der Waals surface area contributed by atoms with Crippen LogP contribution in [-0.2, 0) is 9.63 Å². The number of amides is 3. The van der Waals surface area contributed by atoms with Gasteiger partial charge in [0.1, 0.15) is 6.04 Å². The monoisotopic (exact) mass is 344 g/mol. The first kappa shape index (κ1) is 15.9. The molecule has 3 rings (SSSR count). The van der Waals surface area contributed by atoms with E-state index in [1.54, 1.807) is 29.6 Å². The number of carbonyl (C=O) groups is 4. The highest BCUT2D eigenvalue weighted by molar-refractivity contribution is 7.12. The zero-order valence-corrected chi connectivity index (χ0v) is 13.3. The van der Waals surface area contributed by atoms with Gasteiger partial charge >= 0.3 is 5.97 Å². The molecule has 8 heteroatoms. The van der Waals surface area contributed by atoms with Crippen molar-refractivity contribution in [1.29, 1.82) is 0 Å². The Labute approximate surface area is 140 Å². The van der Waals surface area contributed by atoms with E-state index in [0.717, 1.165) is 0 Å². The molecule has 122 valence electrons. The summed E-state index contributed by atoms with van der Waals surface area (Å²) in [6.07, 6.45) is 0. The lowest BCUT2D eigenvalue weighted by molar-refractivity contribution is -0.170. The highest BCUT2D eigenvalue weighted by Gasteiger charge is 2.39. The topological polar surface area (TPSA) is 92.8 Å². The van der Waals surface area contributed by atoms with E-state index in [4.69, 9.17) is 4.84 Å². The van der Waals surface area contributed by atoms with Crippen LogP contribution in [-0.4, -0.2) is 34.8 Å². The molecule has 0 aliphatic carbocycles. The second-order valence-electron chi connectivity index (χ2n) is 5.03. The van der Waals surface area contributed by atoms with Crippen molar-refractivity contribution in [2.75, 3.05) is 0 Å².